The van der Waals surface area contributed by atoms with E-state index in [-0.39, 0.29) is 6.04 Å². The zero-order chi connectivity index (χ0) is 12.0. The van der Waals surface area contributed by atoms with Gasteiger partial charge < -0.3 is 0 Å². The third-order valence-corrected chi connectivity index (χ3v) is 2.75. The monoisotopic (exact) mass is 216 g/mol. The summed E-state index contributed by atoms with van der Waals surface area (Å²) in [6.07, 6.45) is 1.82. The van der Waals surface area contributed by atoms with E-state index in [0.29, 0.717) is 0 Å². The Morgan fingerprint density at radius 3 is 2.75 bits per heavy atom. The summed E-state index contributed by atoms with van der Waals surface area (Å²) in [5.41, 5.74) is 6.70. The van der Waals surface area contributed by atoms with Gasteiger partial charge in [0.1, 0.15) is 0 Å². The Bertz CT molecular complexity index is 399. The number of hydrazine groups is 1. The highest BCUT2D eigenvalue weighted by Gasteiger charge is 2.11. The minimum Gasteiger partial charge on any atom is -0.271 e. The SMILES string of the molecule is CC#CCCC(NN)c1cc(C)ccc1C. The summed E-state index contributed by atoms with van der Waals surface area (Å²) < 4.78 is 0. The van der Waals surface area contributed by atoms with Crippen molar-refractivity contribution in [2.75, 3.05) is 0 Å². The highest BCUT2D eigenvalue weighted by molar-refractivity contribution is 5.33. The van der Waals surface area contributed by atoms with E-state index in [1.54, 1.807) is 0 Å². The first-order chi connectivity index (χ1) is 7.69. The molecule has 16 heavy (non-hydrogen) atoms. The molecule has 0 aliphatic carbocycles. The molecule has 0 aromatic heterocycles. The van der Waals surface area contributed by atoms with Crippen molar-refractivity contribution in [2.45, 2.75) is 39.7 Å². The molecule has 2 heteroatoms. The van der Waals surface area contributed by atoms with Crippen LogP contribution in [0.25, 0.3) is 0 Å². The van der Waals surface area contributed by atoms with E-state index in [1.165, 1.54) is 16.7 Å². The average Bonchev–Trinajstić information content (AvgIpc) is 2.28. The quantitative estimate of drug-likeness (QED) is 0.461. The van der Waals surface area contributed by atoms with Crippen molar-refractivity contribution in [1.82, 2.24) is 5.43 Å². The zero-order valence-corrected chi connectivity index (χ0v) is 10.3. The van der Waals surface area contributed by atoms with E-state index in [9.17, 15) is 0 Å². The highest BCUT2D eigenvalue weighted by Crippen LogP contribution is 2.22. The molecule has 1 unspecified atom stereocenters. The molecule has 1 rings (SSSR count). The van der Waals surface area contributed by atoms with Crippen LogP contribution in [0.5, 0.6) is 0 Å². The number of hydrogen-bond donors (Lipinski definition) is 2. The van der Waals surface area contributed by atoms with E-state index in [0.717, 1.165) is 12.8 Å². The fourth-order valence-electron chi connectivity index (χ4n) is 1.81. The molecule has 0 radical (unpaired) electrons. The van der Waals surface area contributed by atoms with Crippen LogP contribution in [-0.4, -0.2) is 0 Å². The van der Waals surface area contributed by atoms with E-state index < -0.39 is 0 Å². The van der Waals surface area contributed by atoms with Crippen molar-refractivity contribution in [3.63, 3.8) is 0 Å². The Morgan fingerprint density at radius 2 is 2.12 bits per heavy atom. The second-order valence-corrected chi connectivity index (χ2v) is 4.04. The van der Waals surface area contributed by atoms with Gasteiger partial charge in [-0.3, -0.25) is 11.3 Å². The molecule has 2 nitrogen and oxygen atoms in total. The minimum absolute atomic E-state index is 0.195. The lowest BCUT2D eigenvalue weighted by molar-refractivity contribution is 0.521. The number of nitrogens with two attached hydrogens (primary N) is 1. The van der Waals surface area contributed by atoms with Gasteiger partial charge >= 0.3 is 0 Å². The number of rotatable bonds is 4. The van der Waals surface area contributed by atoms with Gasteiger partial charge in [0.2, 0.25) is 0 Å². The summed E-state index contributed by atoms with van der Waals surface area (Å²) in [5, 5.41) is 0. The van der Waals surface area contributed by atoms with Crippen molar-refractivity contribution in [3.05, 3.63) is 34.9 Å². The molecule has 0 heterocycles. The first kappa shape index (κ1) is 12.8. The van der Waals surface area contributed by atoms with Gasteiger partial charge in [-0.1, -0.05) is 23.8 Å². The molecule has 1 aromatic carbocycles. The predicted molar refractivity (Wildman–Crippen MR) is 68.7 cm³/mol. The number of aryl methyl sites for hydroxylation is 2. The van der Waals surface area contributed by atoms with Crippen molar-refractivity contribution in [1.29, 1.82) is 0 Å². The molecule has 0 saturated carbocycles. The molecule has 3 N–H and O–H groups in total. The Balaban J connectivity index is 2.84. The van der Waals surface area contributed by atoms with Crippen LogP contribution >= 0.6 is 0 Å². The maximum absolute atomic E-state index is 5.61. The fourth-order valence-corrected chi connectivity index (χ4v) is 1.81. The average molecular weight is 216 g/mol. The Kier molecular flexibility index (Phi) is 5.04. The molecular weight excluding hydrogens is 196 g/mol. The third-order valence-electron chi connectivity index (χ3n) is 2.75. The molecule has 0 aliphatic rings. The van der Waals surface area contributed by atoms with Crippen LogP contribution in [-0.2, 0) is 0 Å². The lowest BCUT2D eigenvalue weighted by Crippen LogP contribution is -2.28. The van der Waals surface area contributed by atoms with E-state index >= 15 is 0 Å². The molecule has 0 spiro atoms. The predicted octanol–water partition coefficient (Wildman–Crippen LogP) is 2.61. The van der Waals surface area contributed by atoms with Gasteiger partial charge in [0, 0.05) is 12.5 Å². The third kappa shape index (κ3) is 3.37. The van der Waals surface area contributed by atoms with Crippen molar-refractivity contribution in [3.8, 4) is 11.8 Å². The van der Waals surface area contributed by atoms with Gasteiger partial charge in [0.25, 0.3) is 0 Å². The van der Waals surface area contributed by atoms with Crippen molar-refractivity contribution < 1.29 is 0 Å². The summed E-state index contributed by atoms with van der Waals surface area (Å²) in [5.74, 6) is 11.6. The standard InChI is InChI=1S/C14H20N2/c1-4-5-6-7-14(16-15)13-10-11(2)8-9-12(13)3/h8-10,14,16H,6-7,15H2,1-3H3. The van der Waals surface area contributed by atoms with E-state index in [4.69, 9.17) is 5.84 Å². The number of nitrogens with one attached hydrogen (secondary N) is 1. The van der Waals surface area contributed by atoms with E-state index in [1.807, 2.05) is 6.92 Å². The lowest BCUT2D eigenvalue weighted by atomic mass is 9.96. The molecule has 0 fully saturated rings. The molecule has 1 atom stereocenters. The maximum Gasteiger partial charge on any atom is 0.0471 e. The van der Waals surface area contributed by atoms with Crippen LogP contribution in [0.15, 0.2) is 18.2 Å². The fraction of sp³-hybridized carbons (Fsp3) is 0.429. The summed E-state index contributed by atoms with van der Waals surface area (Å²) in [7, 11) is 0. The van der Waals surface area contributed by atoms with Crippen LogP contribution in [0.2, 0.25) is 0 Å². The topological polar surface area (TPSA) is 38.0 Å². The summed E-state index contributed by atoms with van der Waals surface area (Å²) >= 11 is 0. The second-order valence-electron chi connectivity index (χ2n) is 4.04. The minimum atomic E-state index is 0.195. The van der Waals surface area contributed by atoms with Gasteiger partial charge in [-0.05, 0) is 38.3 Å². The smallest absolute Gasteiger partial charge is 0.0471 e. The number of hydrogen-bond acceptors (Lipinski definition) is 2. The van der Waals surface area contributed by atoms with Crippen LogP contribution < -0.4 is 11.3 Å². The van der Waals surface area contributed by atoms with Gasteiger partial charge in [-0.25, -0.2) is 0 Å². The zero-order valence-electron chi connectivity index (χ0n) is 10.3. The molecular formula is C14H20N2. The van der Waals surface area contributed by atoms with E-state index in [2.05, 4.69) is 49.3 Å². The second kappa shape index (κ2) is 6.32. The lowest BCUT2D eigenvalue weighted by Gasteiger charge is -2.18. The first-order valence-electron chi connectivity index (χ1n) is 5.62. The van der Waals surface area contributed by atoms with Crippen LogP contribution in [0.3, 0.4) is 0 Å². The van der Waals surface area contributed by atoms with Gasteiger partial charge in [-0.15, -0.1) is 11.8 Å². The Labute approximate surface area is 98.2 Å². The molecule has 1 aromatic rings. The molecule has 0 amide bonds. The molecule has 86 valence electrons. The van der Waals surface area contributed by atoms with Crippen molar-refractivity contribution in [2.24, 2.45) is 5.84 Å². The summed E-state index contributed by atoms with van der Waals surface area (Å²) in [4.78, 5) is 0. The summed E-state index contributed by atoms with van der Waals surface area (Å²) in [6, 6.07) is 6.65. The Hall–Kier alpha value is -1.30. The largest absolute Gasteiger partial charge is 0.271 e. The normalized spacial score (nSPS) is 11.8. The highest BCUT2D eigenvalue weighted by atomic mass is 15.2. The van der Waals surface area contributed by atoms with Gasteiger partial charge in [-0.2, -0.15) is 0 Å². The first-order valence-corrected chi connectivity index (χ1v) is 5.62. The molecule has 0 saturated heterocycles. The van der Waals surface area contributed by atoms with Gasteiger partial charge in [0.05, 0.1) is 0 Å². The molecule has 0 aliphatic heterocycles. The van der Waals surface area contributed by atoms with Crippen LogP contribution in [0.4, 0.5) is 0 Å². The molecule has 0 bridgehead atoms. The van der Waals surface area contributed by atoms with Crippen molar-refractivity contribution >= 4 is 0 Å². The number of benzene rings is 1. The Morgan fingerprint density at radius 1 is 1.38 bits per heavy atom. The van der Waals surface area contributed by atoms with Gasteiger partial charge in [0.15, 0.2) is 0 Å². The maximum atomic E-state index is 5.61. The van der Waals surface area contributed by atoms with Crippen LogP contribution in [0.1, 0.15) is 42.5 Å². The van der Waals surface area contributed by atoms with Crippen LogP contribution in [0, 0.1) is 25.7 Å². The summed E-state index contributed by atoms with van der Waals surface area (Å²) in [6.45, 7) is 6.08.